The van der Waals surface area contributed by atoms with Gasteiger partial charge < -0.3 is 9.88 Å². The monoisotopic (exact) mass is 439 g/mol. The van der Waals surface area contributed by atoms with Gasteiger partial charge in [0.1, 0.15) is 6.54 Å². The summed E-state index contributed by atoms with van der Waals surface area (Å²) in [6.07, 6.45) is 1.04. The molecule has 0 saturated carbocycles. The molecule has 1 amide bonds. The molecular formula is C18H18ClN3O4S2. The van der Waals surface area contributed by atoms with E-state index in [9.17, 15) is 18.0 Å². The van der Waals surface area contributed by atoms with Crippen LogP contribution in [0.4, 0.5) is 11.4 Å². The van der Waals surface area contributed by atoms with Crippen molar-refractivity contribution >= 4 is 60.5 Å². The largest absolute Gasteiger partial charge is 0.324 e. The number of carbonyl (C=O) groups is 1. The SMILES string of the molecule is Cc1cc(Cl)ccc1N(CC(=O)Nc1ccc2c(c1)sc(=O)n2C)S(C)(=O)=O. The van der Waals surface area contributed by atoms with E-state index in [0.29, 0.717) is 22.0 Å². The van der Waals surface area contributed by atoms with E-state index in [1.54, 1.807) is 50.4 Å². The van der Waals surface area contributed by atoms with Crippen molar-refractivity contribution in [3.8, 4) is 0 Å². The lowest BCUT2D eigenvalue weighted by atomic mass is 10.2. The molecule has 0 atom stereocenters. The van der Waals surface area contributed by atoms with E-state index in [1.165, 1.54) is 4.57 Å². The maximum atomic E-state index is 12.5. The number of aryl methyl sites for hydroxylation is 2. The van der Waals surface area contributed by atoms with Crippen molar-refractivity contribution in [2.45, 2.75) is 6.92 Å². The molecule has 0 unspecified atom stereocenters. The van der Waals surface area contributed by atoms with Crippen molar-refractivity contribution in [3.63, 3.8) is 0 Å². The number of nitrogens with zero attached hydrogens (tertiary/aromatic N) is 2. The fraction of sp³-hybridized carbons (Fsp3) is 0.222. The first kappa shape index (κ1) is 20.4. The molecule has 28 heavy (non-hydrogen) atoms. The second kappa shape index (κ2) is 7.57. The number of aromatic nitrogens is 1. The fourth-order valence-electron chi connectivity index (χ4n) is 2.82. The van der Waals surface area contributed by atoms with E-state index in [1.807, 2.05) is 0 Å². The normalized spacial score (nSPS) is 11.6. The fourth-order valence-corrected chi connectivity index (χ4v) is 4.88. The van der Waals surface area contributed by atoms with Gasteiger partial charge in [-0.1, -0.05) is 22.9 Å². The molecule has 3 aromatic rings. The highest BCUT2D eigenvalue weighted by Gasteiger charge is 2.22. The number of nitrogens with one attached hydrogen (secondary N) is 1. The van der Waals surface area contributed by atoms with E-state index in [0.717, 1.165) is 32.1 Å². The van der Waals surface area contributed by atoms with Gasteiger partial charge in [-0.25, -0.2) is 8.42 Å². The van der Waals surface area contributed by atoms with Crippen LogP contribution in [-0.2, 0) is 21.9 Å². The maximum absolute atomic E-state index is 12.5. The smallest absolute Gasteiger partial charge is 0.307 e. The Kier molecular flexibility index (Phi) is 5.51. The van der Waals surface area contributed by atoms with Crippen molar-refractivity contribution in [3.05, 3.63) is 56.7 Å². The Morgan fingerprint density at radius 1 is 1.25 bits per heavy atom. The topological polar surface area (TPSA) is 88.5 Å². The number of amides is 1. The molecule has 0 bridgehead atoms. The van der Waals surface area contributed by atoms with Crippen LogP contribution < -0.4 is 14.5 Å². The van der Waals surface area contributed by atoms with Crippen LogP contribution >= 0.6 is 22.9 Å². The van der Waals surface area contributed by atoms with E-state index in [-0.39, 0.29) is 11.4 Å². The quantitative estimate of drug-likeness (QED) is 0.661. The summed E-state index contributed by atoms with van der Waals surface area (Å²) in [6.45, 7) is 1.34. The van der Waals surface area contributed by atoms with Crippen LogP contribution in [0.3, 0.4) is 0 Å². The first-order valence-electron chi connectivity index (χ1n) is 8.19. The Balaban J connectivity index is 1.85. The number of benzene rings is 2. The van der Waals surface area contributed by atoms with Crippen LogP contribution in [0.5, 0.6) is 0 Å². The molecule has 1 heterocycles. The van der Waals surface area contributed by atoms with Gasteiger partial charge in [0.2, 0.25) is 15.9 Å². The number of sulfonamides is 1. The molecule has 1 N–H and O–H groups in total. The highest BCUT2D eigenvalue weighted by atomic mass is 35.5. The second-order valence-corrected chi connectivity index (χ2v) is 9.69. The second-order valence-electron chi connectivity index (χ2n) is 6.36. The number of hydrogen-bond acceptors (Lipinski definition) is 5. The zero-order valence-corrected chi connectivity index (χ0v) is 17.8. The Morgan fingerprint density at radius 3 is 2.61 bits per heavy atom. The summed E-state index contributed by atoms with van der Waals surface area (Å²) in [5, 5.41) is 3.17. The van der Waals surface area contributed by atoms with E-state index >= 15 is 0 Å². The van der Waals surface area contributed by atoms with Crippen LogP contribution in [0.15, 0.2) is 41.2 Å². The predicted octanol–water partition coefficient (Wildman–Crippen LogP) is 2.97. The number of halogens is 1. The third kappa shape index (κ3) is 4.21. The summed E-state index contributed by atoms with van der Waals surface area (Å²) in [5.74, 6) is -0.498. The van der Waals surface area contributed by atoms with Crippen molar-refractivity contribution in [1.82, 2.24) is 4.57 Å². The number of rotatable bonds is 5. The van der Waals surface area contributed by atoms with Gasteiger partial charge in [0.05, 0.1) is 22.2 Å². The lowest BCUT2D eigenvalue weighted by molar-refractivity contribution is -0.114. The lowest BCUT2D eigenvalue weighted by Crippen LogP contribution is -2.37. The molecule has 0 fully saturated rings. The van der Waals surface area contributed by atoms with Crippen LogP contribution in [-0.4, -0.2) is 31.7 Å². The Hall–Kier alpha value is -2.36. The molecule has 3 rings (SSSR count). The Bertz CT molecular complexity index is 1230. The summed E-state index contributed by atoms with van der Waals surface area (Å²) in [4.78, 5) is 24.2. The summed E-state index contributed by atoms with van der Waals surface area (Å²) >= 11 is 7.01. The van der Waals surface area contributed by atoms with Gasteiger partial charge in [0, 0.05) is 17.8 Å². The number of carbonyl (C=O) groups excluding carboxylic acids is 1. The van der Waals surface area contributed by atoms with Gasteiger partial charge in [-0.05, 0) is 48.9 Å². The van der Waals surface area contributed by atoms with Gasteiger partial charge in [0.25, 0.3) is 0 Å². The molecule has 0 aliphatic heterocycles. The molecule has 0 radical (unpaired) electrons. The van der Waals surface area contributed by atoms with Crippen molar-refractivity contribution in [2.75, 3.05) is 22.4 Å². The zero-order chi connectivity index (χ0) is 20.6. The minimum absolute atomic E-state index is 0.0973. The van der Waals surface area contributed by atoms with Crippen LogP contribution in [0, 0.1) is 6.92 Å². The van der Waals surface area contributed by atoms with Crippen LogP contribution in [0.2, 0.25) is 5.02 Å². The first-order chi connectivity index (χ1) is 13.1. The standard InChI is InChI=1S/C18H18ClN3O4S2/c1-11-8-12(19)4-6-14(11)22(28(3,25)26)10-17(23)20-13-5-7-15-16(9-13)27-18(24)21(15)2/h4-9H,10H2,1-3H3,(H,20,23). The zero-order valence-electron chi connectivity index (χ0n) is 15.4. The van der Waals surface area contributed by atoms with Gasteiger partial charge in [0.15, 0.2) is 0 Å². The molecule has 2 aromatic carbocycles. The molecule has 0 spiro atoms. The Morgan fingerprint density at radius 2 is 1.96 bits per heavy atom. The van der Waals surface area contributed by atoms with Gasteiger partial charge in [-0.3, -0.25) is 13.9 Å². The molecule has 7 nitrogen and oxygen atoms in total. The van der Waals surface area contributed by atoms with Gasteiger partial charge >= 0.3 is 4.87 Å². The lowest BCUT2D eigenvalue weighted by Gasteiger charge is -2.23. The van der Waals surface area contributed by atoms with Crippen molar-refractivity contribution in [2.24, 2.45) is 7.05 Å². The summed E-state index contributed by atoms with van der Waals surface area (Å²) in [7, 11) is -2.01. The van der Waals surface area contributed by atoms with Crippen molar-refractivity contribution in [1.29, 1.82) is 0 Å². The van der Waals surface area contributed by atoms with E-state index in [2.05, 4.69) is 5.32 Å². The molecule has 10 heteroatoms. The summed E-state index contributed by atoms with van der Waals surface area (Å²) < 4.78 is 27.8. The first-order valence-corrected chi connectivity index (χ1v) is 11.2. The molecule has 0 saturated heterocycles. The van der Waals surface area contributed by atoms with Crippen LogP contribution in [0.1, 0.15) is 5.56 Å². The molecular weight excluding hydrogens is 422 g/mol. The third-order valence-corrected chi connectivity index (χ3v) is 6.55. The van der Waals surface area contributed by atoms with Gasteiger partial charge in [-0.2, -0.15) is 0 Å². The highest BCUT2D eigenvalue weighted by molar-refractivity contribution is 7.92. The minimum atomic E-state index is -3.69. The third-order valence-electron chi connectivity index (χ3n) is 4.19. The van der Waals surface area contributed by atoms with E-state index < -0.39 is 15.9 Å². The maximum Gasteiger partial charge on any atom is 0.307 e. The van der Waals surface area contributed by atoms with Crippen LogP contribution in [0.25, 0.3) is 10.2 Å². The molecule has 0 aliphatic rings. The molecule has 148 valence electrons. The van der Waals surface area contributed by atoms with Gasteiger partial charge in [-0.15, -0.1) is 0 Å². The number of fused-ring (bicyclic) bond motifs is 1. The average Bonchev–Trinajstić information content (AvgIpc) is 2.86. The number of anilines is 2. The summed E-state index contributed by atoms with van der Waals surface area (Å²) in [6, 6.07) is 9.88. The minimum Gasteiger partial charge on any atom is -0.324 e. The average molecular weight is 440 g/mol. The van der Waals surface area contributed by atoms with E-state index in [4.69, 9.17) is 11.6 Å². The summed E-state index contributed by atoms with van der Waals surface area (Å²) in [5.41, 5.74) is 2.28. The number of hydrogen-bond donors (Lipinski definition) is 1. The predicted molar refractivity (Wildman–Crippen MR) is 114 cm³/mol. The number of thiazole rings is 1. The Labute approximate surface area is 171 Å². The highest BCUT2D eigenvalue weighted by Crippen LogP contribution is 2.26. The van der Waals surface area contributed by atoms with Crippen molar-refractivity contribution < 1.29 is 13.2 Å². The molecule has 1 aromatic heterocycles. The molecule has 0 aliphatic carbocycles.